The number of aromatic nitrogens is 4. The number of rotatable bonds is 4. The summed E-state index contributed by atoms with van der Waals surface area (Å²) >= 11 is 0. The van der Waals surface area contributed by atoms with Crippen molar-refractivity contribution in [2.45, 2.75) is 25.4 Å². The molecule has 5 nitrogen and oxygen atoms in total. The van der Waals surface area contributed by atoms with E-state index in [4.69, 9.17) is 0 Å². The van der Waals surface area contributed by atoms with Crippen LogP contribution in [0.15, 0.2) is 31.1 Å². The fourth-order valence-corrected chi connectivity index (χ4v) is 1.54. The first-order valence-electron chi connectivity index (χ1n) is 5.44. The molecule has 2 heterocycles. The summed E-state index contributed by atoms with van der Waals surface area (Å²) < 4.78 is 1.85. The Morgan fingerprint density at radius 1 is 1.31 bits per heavy atom. The van der Waals surface area contributed by atoms with Gasteiger partial charge in [-0.25, -0.2) is 9.97 Å². The molecule has 1 fully saturated rings. The number of hydrogen-bond donors (Lipinski definition) is 1. The van der Waals surface area contributed by atoms with Crippen molar-refractivity contribution in [3.05, 3.63) is 36.8 Å². The Bertz CT molecular complexity index is 461. The molecule has 0 aromatic carbocycles. The van der Waals surface area contributed by atoms with Gasteiger partial charge in [0.2, 0.25) is 0 Å². The van der Waals surface area contributed by atoms with Crippen molar-refractivity contribution in [2.75, 3.05) is 0 Å². The lowest BCUT2D eigenvalue weighted by molar-refractivity contribution is 0.669. The Labute approximate surface area is 93.6 Å². The Morgan fingerprint density at radius 3 is 3.00 bits per heavy atom. The van der Waals surface area contributed by atoms with Gasteiger partial charge in [-0.15, -0.1) is 0 Å². The van der Waals surface area contributed by atoms with Gasteiger partial charge in [0, 0.05) is 31.2 Å². The zero-order valence-electron chi connectivity index (χ0n) is 8.87. The maximum Gasteiger partial charge on any atom is 0.156 e. The first kappa shape index (κ1) is 9.47. The van der Waals surface area contributed by atoms with Crippen molar-refractivity contribution in [3.8, 4) is 5.82 Å². The second-order valence-electron chi connectivity index (χ2n) is 3.99. The summed E-state index contributed by atoms with van der Waals surface area (Å²) in [6, 6.07) is 0.693. The van der Waals surface area contributed by atoms with Crippen LogP contribution in [0.1, 0.15) is 18.5 Å². The third-order valence-electron chi connectivity index (χ3n) is 2.59. The normalized spacial score (nSPS) is 15.2. The van der Waals surface area contributed by atoms with Gasteiger partial charge in [-0.2, -0.15) is 0 Å². The summed E-state index contributed by atoms with van der Waals surface area (Å²) in [6.45, 7) is 0.792. The van der Waals surface area contributed by atoms with Crippen molar-refractivity contribution in [1.82, 2.24) is 24.8 Å². The summed E-state index contributed by atoms with van der Waals surface area (Å²) in [5.41, 5.74) is 0.970. The minimum atomic E-state index is 0.693. The van der Waals surface area contributed by atoms with E-state index in [1.807, 2.05) is 10.8 Å². The monoisotopic (exact) mass is 215 g/mol. The minimum Gasteiger partial charge on any atom is -0.308 e. The Hall–Kier alpha value is -1.75. The predicted molar refractivity (Wildman–Crippen MR) is 59.0 cm³/mol. The molecule has 0 atom stereocenters. The van der Waals surface area contributed by atoms with Crippen molar-refractivity contribution >= 4 is 0 Å². The lowest BCUT2D eigenvalue weighted by Gasteiger charge is -2.04. The van der Waals surface area contributed by atoms with Gasteiger partial charge in [0.15, 0.2) is 5.82 Å². The van der Waals surface area contributed by atoms with Gasteiger partial charge in [0.25, 0.3) is 0 Å². The van der Waals surface area contributed by atoms with E-state index in [9.17, 15) is 0 Å². The van der Waals surface area contributed by atoms with E-state index in [1.54, 1.807) is 24.9 Å². The molecule has 0 bridgehead atoms. The molecule has 0 radical (unpaired) electrons. The third-order valence-corrected chi connectivity index (χ3v) is 2.59. The molecule has 0 spiro atoms. The van der Waals surface area contributed by atoms with Crippen LogP contribution in [0, 0.1) is 0 Å². The van der Waals surface area contributed by atoms with Crippen molar-refractivity contribution < 1.29 is 0 Å². The Morgan fingerprint density at radius 2 is 2.25 bits per heavy atom. The molecule has 0 saturated heterocycles. The van der Waals surface area contributed by atoms with E-state index in [0.29, 0.717) is 6.04 Å². The van der Waals surface area contributed by atoms with Crippen LogP contribution < -0.4 is 5.32 Å². The van der Waals surface area contributed by atoms with E-state index in [1.165, 1.54) is 12.8 Å². The summed E-state index contributed by atoms with van der Waals surface area (Å²) in [5.74, 6) is 0.813. The number of nitrogens with zero attached hydrogens (tertiary/aromatic N) is 4. The standard InChI is InChI=1S/C11H13N5/c1-2-9(1)14-6-10-5-13-7-11(15-10)16-4-3-12-8-16/h3-5,7-9,14H,1-2,6H2. The van der Waals surface area contributed by atoms with Gasteiger partial charge in [-0.05, 0) is 12.8 Å². The SMILES string of the molecule is c1cn(-c2cncc(CNC3CC3)n2)cn1. The average Bonchev–Trinajstić information content (AvgIpc) is 2.99. The fraction of sp³-hybridized carbons (Fsp3) is 0.364. The summed E-state index contributed by atoms with van der Waals surface area (Å²) in [7, 11) is 0. The number of imidazole rings is 1. The zero-order valence-corrected chi connectivity index (χ0v) is 8.87. The number of nitrogens with one attached hydrogen (secondary N) is 1. The van der Waals surface area contributed by atoms with Gasteiger partial charge in [-0.1, -0.05) is 0 Å². The Balaban J connectivity index is 1.76. The molecule has 0 aliphatic heterocycles. The van der Waals surface area contributed by atoms with E-state index in [0.717, 1.165) is 18.1 Å². The van der Waals surface area contributed by atoms with Crippen LogP contribution >= 0.6 is 0 Å². The third kappa shape index (κ3) is 2.09. The van der Waals surface area contributed by atoms with Crippen molar-refractivity contribution in [3.63, 3.8) is 0 Å². The molecule has 1 N–H and O–H groups in total. The molecule has 3 rings (SSSR count). The van der Waals surface area contributed by atoms with Crippen molar-refractivity contribution in [2.24, 2.45) is 0 Å². The topological polar surface area (TPSA) is 55.6 Å². The second-order valence-corrected chi connectivity index (χ2v) is 3.99. The summed E-state index contributed by atoms with van der Waals surface area (Å²) in [6.07, 6.45) is 11.4. The lowest BCUT2D eigenvalue weighted by Crippen LogP contribution is -2.16. The number of hydrogen-bond acceptors (Lipinski definition) is 4. The predicted octanol–water partition coefficient (Wildman–Crippen LogP) is 0.914. The molecule has 82 valence electrons. The smallest absolute Gasteiger partial charge is 0.156 e. The van der Waals surface area contributed by atoms with Crippen LogP contribution in [0.5, 0.6) is 0 Å². The van der Waals surface area contributed by atoms with Crippen LogP contribution in [0.2, 0.25) is 0 Å². The molecule has 1 aliphatic rings. The molecule has 0 unspecified atom stereocenters. The van der Waals surface area contributed by atoms with Gasteiger partial charge >= 0.3 is 0 Å². The summed E-state index contributed by atoms with van der Waals surface area (Å²) in [5, 5.41) is 3.42. The van der Waals surface area contributed by atoms with Crippen LogP contribution in [0.3, 0.4) is 0 Å². The maximum absolute atomic E-state index is 4.51. The highest BCUT2D eigenvalue weighted by Crippen LogP contribution is 2.18. The van der Waals surface area contributed by atoms with Crippen LogP contribution in [0.25, 0.3) is 5.82 Å². The average molecular weight is 215 g/mol. The highest BCUT2D eigenvalue weighted by molar-refractivity contribution is 5.19. The molecule has 5 heteroatoms. The highest BCUT2D eigenvalue weighted by atomic mass is 15.1. The first-order valence-corrected chi connectivity index (χ1v) is 5.44. The molecule has 16 heavy (non-hydrogen) atoms. The van der Waals surface area contributed by atoms with E-state index >= 15 is 0 Å². The van der Waals surface area contributed by atoms with E-state index in [2.05, 4.69) is 20.3 Å². The highest BCUT2D eigenvalue weighted by Gasteiger charge is 2.20. The van der Waals surface area contributed by atoms with E-state index < -0.39 is 0 Å². The molecule has 2 aromatic heterocycles. The minimum absolute atomic E-state index is 0.693. The molecule has 2 aromatic rings. The van der Waals surface area contributed by atoms with Gasteiger partial charge in [-0.3, -0.25) is 9.55 Å². The van der Waals surface area contributed by atoms with Crippen LogP contribution in [0.4, 0.5) is 0 Å². The molecular weight excluding hydrogens is 202 g/mol. The molecule has 1 saturated carbocycles. The van der Waals surface area contributed by atoms with Crippen LogP contribution in [-0.2, 0) is 6.54 Å². The lowest BCUT2D eigenvalue weighted by atomic mass is 10.4. The van der Waals surface area contributed by atoms with Crippen LogP contribution in [-0.4, -0.2) is 25.6 Å². The quantitative estimate of drug-likeness (QED) is 0.823. The molecule has 0 amide bonds. The summed E-state index contributed by atoms with van der Waals surface area (Å²) in [4.78, 5) is 12.7. The first-order chi connectivity index (χ1) is 7.92. The fourth-order valence-electron chi connectivity index (χ4n) is 1.54. The van der Waals surface area contributed by atoms with E-state index in [-0.39, 0.29) is 0 Å². The Kier molecular flexibility index (Phi) is 2.38. The van der Waals surface area contributed by atoms with Gasteiger partial charge in [0.1, 0.15) is 6.33 Å². The van der Waals surface area contributed by atoms with Crippen molar-refractivity contribution in [1.29, 1.82) is 0 Å². The molecular formula is C11H13N5. The van der Waals surface area contributed by atoms with Gasteiger partial charge in [0.05, 0.1) is 11.9 Å². The largest absolute Gasteiger partial charge is 0.308 e. The molecule has 1 aliphatic carbocycles. The second kappa shape index (κ2) is 4.02. The maximum atomic E-state index is 4.51. The zero-order chi connectivity index (χ0) is 10.8. The van der Waals surface area contributed by atoms with Gasteiger partial charge < -0.3 is 5.32 Å².